The zero-order valence-electron chi connectivity index (χ0n) is 14.1. The number of benzene rings is 1. The zero-order chi connectivity index (χ0) is 16.3. The van der Waals surface area contributed by atoms with E-state index < -0.39 is 0 Å². The number of rotatable bonds is 5. The van der Waals surface area contributed by atoms with Crippen LogP contribution in [0.5, 0.6) is 0 Å². The van der Waals surface area contributed by atoms with Crippen molar-refractivity contribution in [1.29, 1.82) is 0 Å². The molecule has 3 unspecified atom stereocenters. The Morgan fingerprint density at radius 2 is 2.00 bits per heavy atom. The molecule has 3 N–H and O–H groups in total. The number of guanidine groups is 1. The average molecular weight is 305 g/mol. The summed E-state index contributed by atoms with van der Waals surface area (Å²) in [6.45, 7) is 7.02. The summed E-state index contributed by atoms with van der Waals surface area (Å²) in [5, 5.41) is 3.19. The Labute approximate surface area is 132 Å². The number of nitrogens with one attached hydrogen (secondary N) is 1. The highest BCUT2D eigenvalue weighted by molar-refractivity contribution is 5.93. The first-order valence-corrected chi connectivity index (χ1v) is 7.61. The smallest absolute Gasteiger partial charge is 0.193 e. The predicted molar refractivity (Wildman–Crippen MR) is 89.9 cm³/mol. The van der Waals surface area contributed by atoms with E-state index in [-0.39, 0.29) is 17.6 Å². The normalized spacial score (nSPS) is 27.3. The van der Waals surface area contributed by atoms with Crippen molar-refractivity contribution in [3.05, 3.63) is 29.8 Å². The molecule has 1 aromatic rings. The lowest BCUT2D eigenvalue weighted by atomic mass is 9.58. The van der Waals surface area contributed by atoms with Crippen LogP contribution in [0.25, 0.3) is 0 Å². The highest BCUT2D eigenvalue weighted by atomic mass is 16.5. The first kappa shape index (κ1) is 16.8. The van der Waals surface area contributed by atoms with Gasteiger partial charge in [-0.1, -0.05) is 39.0 Å². The van der Waals surface area contributed by atoms with E-state index in [9.17, 15) is 0 Å². The predicted octanol–water partition coefficient (Wildman–Crippen LogP) is 2.62. The molecule has 22 heavy (non-hydrogen) atoms. The molecule has 0 saturated heterocycles. The number of anilines is 1. The third-order valence-corrected chi connectivity index (χ3v) is 4.58. The summed E-state index contributed by atoms with van der Waals surface area (Å²) in [6, 6.07) is 8.08. The lowest BCUT2D eigenvalue weighted by Gasteiger charge is -2.54. The van der Waals surface area contributed by atoms with E-state index in [0.717, 1.165) is 11.3 Å². The summed E-state index contributed by atoms with van der Waals surface area (Å²) in [6.07, 6.45) is 0.217. The van der Waals surface area contributed by atoms with E-state index in [4.69, 9.17) is 15.2 Å². The Morgan fingerprint density at radius 1 is 1.32 bits per heavy atom. The van der Waals surface area contributed by atoms with Gasteiger partial charge in [0.2, 0.25) is 0 Å². The number of ether oxygens (including phenoxy) is 2. The van der Waals surface area contributed by atoms with Crippen LogP contribution in [-0.4, -0.2) is 32.3 Å². The molecule has 0 amide bonds. The molecule has 1 aromatic carbocycles. The molecule has 2 rings (SSSR count). The third-order valence-electron chi connectivity index (χ3n) is 4.58. The Balaban J connectivity index is 2.11. The third kappa shape index (κ3) is 3.10. The summed E-state index contributed by atoms with van der Waals surface area (Å²) in [5.74, 6) is 0.789. The molecule has 0 radical (unpaired) electrons. The van der Waals surface area contributed by atoms with Crippen LogP contribution >= 0.6 is 0 Å². The topological polar surface area (TPSA) is 68.9 Å². The highest BCUT2D eigenvalue weighted by Crippen LogP contribution is 2.48. The van der Waals surface area contributed by atoms with E-state index in [1.165, 1.54) is 0 Å². The summed E-state index contributed by atoms with van der Waals surface area (Å²) >= 11 is 0. The molecular formula is C17H27N3O2. The van der Waals surface area contributed by atoms with Gasteiger partial charge in [0.25, 0.3) is 0 Å². The average Bonchev–Trinajstić information content (AvgIpc) is 2.47. The second kappa shape index (κ2) is 6.67. The largest absolute Gasteiger partial charge is 0.380 e. The van der Waals surface area contributed by atoms with Gasteiger partial charge in [-0.3, -0.25) is 0 Å². The van der Waals surface area contributed by atoms with Gasteiger partial charge in [0.1, 0.15) is 0 Å². The molecule has 0 aliphatic heterocycles. The Morgan fingerprint density at radius 3 is 2.59 bits per heavy atom. The van der Waals surface area contributed by atoms with Crippen LogP contribution in [0.2, 0.25) is 0 Å². The quantitative estimate of drug-likeness (QED) is 0.648. The molecule has 1 aliphatic carbocycles. The van der Waals surface area contributed by atoms with Crippen molar-refractivity contribution >= 4 is 11.6 Å². The van der Waals surface area contributed by atoms with Gasteiger partial charge in [-0.25, -0.2) is 4.99 Å². The Kier molecular flexibility index (Phi) is 5.08. The van der Waals surface area contributed by atoms with Crippen LogP contribution in [0.3, 0.4) is 0 Å². The maximum absolute atomic E-state index is 6.11. The van der Waals surface area contributed by atoms with Crippen LogP contribution in [0.1, 0.15) is 26.3 Å². The Hall–Kier alpha value is -1.59. The molecular weight excluding hydrogens is 278 g/mol. The number of methoxy groups -OCH3 is 2. The van der Waals surface area contributed by atoms with Crippen molar-refractivity contribution in [2.45, 2.75) is 39.5 Å². The summed E-state index contributed by atoms with van der Waals surface area (Å²) in [5.41, 5.74) is 8.09. The number of nitrogens with zero attached hydrogens (tertiary/aromatic N) is 1. The SMILES string of the molecule is COCc1ccccc1NC(N)=NC1C(C)C(OC)C1(C)C. The molecule has 1 fully saturated rings. The second-order valence-corrected chi connectivity index (χ2v) is 6.51. The van der Waals surface area contributed by atoms with Gasteiger partial charge in [-0.2, -0.15) is 0 Å². The minimum atomic E-state index is -0.00743. The molecule has 5 heteroatoms. The van der Waals surface area contributed by atoms with Crippen LogP contribution in [0.15, 0.2) is 29.3 Å². The first-order valence-electron chi connectivity index (χ1n) is 7.61. The van der Waals surface area contributed by atoms with Gasteiger partial charge < -0.3 is 20.5 Å². The van der Waals surface area contributed by atoms with Gasteiger partial charge in [0.05, 0.1) is 18.8 Å². The molecule has 0 bridgehead atoms. The van der Waals surface area contributed by atoms with E-state index in [1.807, 2.05) is 24.3 Å². The van der Waals surface area contributed by atoms with Gasteiger partial charge >= 0.3 is 0 Å². The highest BCUT2D eigenvalue weighted by Gasteiger charge is 2.54. The monoisotopic (exact) mass is 305 g/mol. The molecule has 0 spiro atoms. The molecule has 0 heterocycles. The van der Waals surface area contributed by atoms with Gasteiger partial charge in [-0.05, 0) is 6.07 Å². The van der Waals surface area contributed by atoms with Crippen molar-refractivity contribution in [3.63, 3.8) is 0 Å². The summed E-state index contributed by atoms with van der Waals surface area (Å²) in [7, 11) is 3.43. The maximum atomic E-state index is 6.11. The maximum Gasteiger partial charge on any atom is 0.193 e. The molecule has 1 saturated carbocycles. The van der Waals surface area contributed by atoms with Crippen molar-refractivity contribution in [2.24, 2.45) is 22.1 Å². The number of aliphatic imine (C=N–C) groups is 1. The Bertz CT molecular complexity index is 542. The first-order chi connectivity index (χ1) is 10.4. The van der Waals surface area contributed by atoms with Crippen molar-refractivity contribution in [3.8, 4) is 0 Å². The van der Waals surface area contributed by atoms with Crippen molar-refractivity contribution in [1.82, 2.24) is 0 Å². The number of nitrogens with two attached hydrogens (primary N) is 1. The van der Waals surface area contributed by atoms with E-state index in [2.05, 4.69) is 31.1 Å². The number of hydrogen-bond acceptors (Lipinski definition) is 3. The van der Waals surface area contributed by atoms with Gasteiger partial charge in [0, 0.05) is 36.8 Å². The summed E-state index contributed by atoms with van der Waals surface area (Å²) in [4.78, 5) is 4.67. The molecule has 5 nitrogen and oxygen atoms in total. The number of para-hydroxylation sites is 1. The van der Waals surface area contributed by atoms with Crippen LogP contribution in [-0.2, 0) is 16.1 Å². The van der Waals surface area contributed by atoms with Crippen molar-refractivity contribution in [2.75, 3.05) is 19.5 Å². The molecule has 122 valence electrons. The lowest BCUT2D eigenvalue weighted by Crippen LogP contribution is -2.61. The second-order valence-electron chi connectivity index (χ2n) is 6.51. The van der Waals surface area contributed by atoms with E-state index in [0.29, 0.717) is 18.5 Å². The molecule has 3 atom stereocenters. The summed E-state index contributed by atoms with van der Waals surface area (Å²) < 4.78 is 10.8. The molecule has 0 aromatic heterocycles. The van der Waals surface area contributed by atoms with Gasteiger partial charge in [0.15, 0.2) is 5.96 Å². The minimum absolute atomic E-state index is 0.00743. The van der Waals surface area contributed by atoms with Gasteiger partial charge in [-0.15, -0.1) is 0 Å². The fraction of sp³-hybridized carbons (Fsp3) is 0.588. The molecule has 1 aliphatic rings. The minimum Gasteiger partial charge on any atom is -0.380 e. The van der Waals surface area contributed by atoms with Crippen molar-refractivity contribution < 1.29 is 9.47 Å². The zero-order valence-corrected chi connectivity index (χ0v) is 14.1. The number of hydrogen-bond donors (Lipinski definition) is 2. The fourth-order valence-corrected chi connectivity index (χ4v) is 3.62. The van der Waals surface area contributed by atoms with E-state index >= 15 is 0 Å². The fourth-order valence-electron chi connectivity index (χ4n) is 3.62. The van der Waals surface area contributed by atoms with Crippen LogP contribution in [0, 0.1) is 11.3 Å². The standard InChI is InChI=1S/C17H27N3O2/c1-11-14(17(2,3)15(11)22-5)20-16(18)19-13-9-7-6-8-12(13)10-21-4/h6-9,11,14-15H,10H2,1-5H3,(H3,18,19,20). The van der Waals surface area contributed by atoms with E-state index in [1.54, 1.807) is 14.2 Å². The lowest BCUT2D eigenvalue weighted by molar-refractivity contribution is -0.132. The van der Waals surface area contributed by atoms with Crippen LogP contribution < -0.4 is 11.1 Å². The van der Waals surface area contributed by atoms with Crippen LogP contribution in [0.4, 0.5) is 5.69 Å².